The largest absolute Gasteiger partial charge is 0.458 e. The van der Waals surface area contributed by atoms with Crippen molar-refractivity contribution in [2.45, 2.75) is 148 Å². The normalized spacial score (nSPS) is 37.1. The molecule has 316 valence electrons. The van der Waals surface area contributed by atoms with Crippen LogP contribution >= 0.6 is 0 Å². The lowest BCUT2D eigenvalue weighted by Gasteiger charge is -2.46. The van der Waals surface area contributed by atoms with Crippen molar-refractivity contribution in [3.05, 3.63) is 37.1 Å². The van der Waals surface area contributed by atoms with Crippen molar-refractivity contribution in [3.8, 4) is 11.3 Å². The second-order valence-corrected chi connectivity index (χ2v) is 17.2. The fraction of sp³-hybridized carbons (Fsp3) is 0.714. The Morgan fingerprint density at radius 2 is 1.72 bits per heavy atom. The zero-order valence-corrected chi connectivity index (χ0v) is 35.2. The maximum atomic E-state index is 14.5. The number of hydrogen-bond donors (Lipinski definition) is 2. The Labute approximate surface area is 336 Å². The van der Waals surface area contributed by atoms with Gasteiger partial charge < -0.3 is 43.5 Å². The number of Topliss-reactive ketones (excluding diaryl/α,β-unsaturated/α-hetero) is 2. The summed E-state index contributed by atoms with van der Waals surface area (Å²) in [5.74, 6) is -5.55. The number of aromatic nitrogens is 3. The molecule has 15 nitrogen and oxygen atoms in total. The highest BCUT2D eigenvalue weighted by Crippen LogP contribution is 2.42. The van der Waals surface area contributed by atoms with E-state index < -0.39 is 83.4 Å². The number of imidazole rings is 1. The van der Waals surface area contributed by atoms with Gasteiger partial charge in [-0.2, -0.15) is 0 Å². The van der Waals surface area contributed by atoms with Crippen molar-refractivity contribution >= 4 is 23.6 Å². The van der Waals surface area contributed by atoms with Gasteiger partial charge >= 0.3 is 12.1 Å². The summed E-state index contributed by atoms with van der Waals surface area (Å²) in [6.07, 6.45) is 3.61. The van der Waals surface area contributed by atoms with E-state index in [0.29, 0.717) is 25.8 Å². The summed E-state index contributed by atoms with van der Waals surface area (Å²) in [4.78, 5) is 68.4. The smallest absolute Gasteiger partial charge is 0.410 e. The van der Waals surface area contributed by atoms with Crippen LogP contribution in [0.2, 0.25) is 0 Å². The molecule has 0 bridgehead atoms. The van der Waals surface area contributed by atoms with Gasteiger partial charge in [0.25, 0.3) is 0 Å². The topological polar surface area (TPSA) is 183 Å². The number of amides is 1. The van der Waals surface area contributed by atoms with Gasteiger partial charge in [0.15, 0.2) is 17.7 Å². The highest BCUT2D eigenvalue weighted by Gasteiger charge is 2.60. The van der Waals surface area contributed by atoms with Crippen LogP contribution in [0.3, 0.4) is 0 Å². The Balaban J connectivity index is 1.41. The predicted octanol–water partition coefficient (Wildman–Crippen LogP) is 4.28. The third kappa shape index (κ3) is 9.43. The molecule has 0 radical (unpaired) electrons. The minimum absolute atomic E-state index is 0.117. The van der Waals surface area contributed by atoms with Crippen LogP contribution in [-0.4, -0.2) is 133 Å². The van der Waals surface area contributed by atoms with Crippen molar-refractivity contribution in [1.82, 2.24) is 24.3 Å². The molecule has 2 aromatic heterocycles. The number of fused-ring (bicyclic) bond motifs is 1. The number of esters is 1. The van der Waals surface area contributed by atoms with Crippen LogP contribution in [0, 0.1) is 23.7 Å². The number of ketones is 2. The summed E-state index contributed by atoms with van der Waals surface area (Å²) in [6, 6.07) is 2.65. The third-order valence-electron chi connectivity index (χ3n) is 12.4. The summed E-state index contributed by atoms with van der Waals surface area (Å²) in [6.45, 7) is 14.2. The monoisotopic (exact) mass is 797 g/mol. The molecule has 1 amide bonds. The molecule has 3 saturated heterocycles. The van der Waals surface area contributed by atoms with E-state index in [9.17, 15) is 29.4 Å². The van der Waals surface area contributed by atoms with Crippen LogP contribution in [0.15, 0.2) is 37.1 Å². The first kappa shape index (κ1) is 44.3. The molecule has 0 spiro atoms. The molecule has 5 heterocycles. The molecule has 0 saturated carbocycles. The van der Waals surface area contributed by atoms with Gasteiger partial charge in [-0.05, 0) is 86.0 Å². The Bertz CT molecular complexity index is 1720. The molecule has 0 aromatic carbocycles. The van der Waals surface area contributed by atoms with Crippen LogP contribution in [0.5, 0.6) is 0 Å². The van der Waals surface area contributed by atoms with Crippen molar-refractivity contribution in [3.63, 3.8) is 0 Å². The fourth-order valence-electron chi connectivity index (χ4n) is 9.26. The molecule has 5 rings (SSSR count). The van der Waals surface area contributed by atoms with Crippen molar-refractivity contribution < 1.29 is 48.3 Å². The number of aryl methyl sites for hydroxylation is 1. The van der Waals surface area contributed by atoms with Crippen LogP contribution in [-0.2, 0) is 39.9 Å². The number of carbonyl (C=O) groups is 4. The molecule has 3 fully saturated rings. The van der Waals surface area contributed by atoms with E-state index >= 15 is 0 Å². The Hall–Kier alpha value is -3.76. The van der Waals surface area contributed by atoms with E-state index in [0.717, 1.165) is 11.3 Å². The first-order chi connectivity index (χ1) is 26.8. The molecular weight excluding hydrogens is 734 g/mol. The van der Waals surface area contributed by atoms with E-state index in [1.165, 1.54) is 13.8 Å². The van der Waals surface area contributed by atoms with Crippen LogP contribution in [0.1, 0.15) is 87.5 Å². The van der Waals surface area contributed by atoms with E-state index in [2.05, 4.69) is 9.97 Å². The van der Waals surface area contributed by atoms with Gasteiger partial charge in [0, 0.05) is 61.0 Å². The number of unbranched alkanes of at least 4 members (excludes halogenated alkanes) is 1. The second-order valence-electron chi connectivity index (χ2n) is 17.2. The third-order valence-corrected chi connectivity index (χ3v) is 12.4. The van der Waals surface area contributed by atoms with Gasteiger partial charge in [-0.1, -0.05) is 27.7 Å². The van der Waals surface area contributed by atoms with Crippen LogP contribution in [0.4, 0.5) is 4.79 Å². The second kappa shape index (κ2) is 18.0. The summed E-state index contributed by atoms with van der Waals surface area (Å²) >= 11 is 0. The zero-order valence-electron chi connectivity index (χ0n) is 35.2. The average Bonchev–Trinajstić information content (AvgIpc) is 3.75. The summed E-state index contributed by atoms with van der Waals surface area (Å²) in [5, 5.41) is 23.6. The minimum Gasteiger partial charge on any atom is -0.458 e. The summed E-state index contributed by atoms with van der Waals surface area (Å²) in [5.41, 5.74) is -1.53. The first-order valence-electron chi connectivity index (χ1n) is 20.4. The molecule has 0 aliphatic carbocycles. The van der Waals surface area contributed by atoms with Crippen LogP contribution < -0.4 is 0 Å². The van der Waals surface area contributed by atoms with E-state index in [1.54, 1.807) is 58.2 Å². The van der Waals surface area contributed by atoms with Crippen LogP contribution in [0.25, 0.3) is 11.3 Å². The number of nitrogens with zero attached hydrogens (tertiary/aromatic N) is 5. The Kier molecular flexibility index (Phi) is 14.0. The Morgan fingerprint density at radius 3 is 2.37 bits per heavy atom. The maximum absolute atomic E-state index is 14.5. The van der Waals surface area contributed by atoms with E-state index in [4.69, 9.17) is 18.9 Å². The molecule has 2 N–H and O–H groups in total. The van der Waals surface area contributed by atoms with Gasteiger partial charge in [0.05, 0.1) is 35.9 Å². The fourth-order valence-corrected chi connectivity index (χ4v) is 9.26. The lowest BCUT2D eigenvalue weighted by atomic mass is 9.73. The number of rotatable bonds is 10. The van der Waals surface area contributed by atoms with Gasteiger partial charge in [0.1, 0.15) is 23.9 Å². The van der Waals surface area contributed by atoms with Crippen molar-refractivity contribution in [1.29, 1.82) is 0 Å². The molecule has 57 heavy (non-hydrogen) atoms. The van der Waals surface area contributed by atoms with Gasteiger partial charge in [-0.15, -0.1) is 0 Å². The number of likely N-dealkylation sites (N-methyl/N-ethyl adjacent to an activating group) is 1. The Morgan fingerprint density at radius 1 is 1.02 bits per heavy atom. The molecular formula is C42H63N5O10. The van der Waals surface area contributed by atoms with E-state index in [-0.39, 0.29) is 37.3 Å². The number of aliphatic hydroxyl groups is 2. The van der Waals surface area contributed by atoms with Gasteiger partial charge in [0.2, 0.25) is 0 Å². The SMILES string of the molecule is CC[C@H]1OC(=O)[C@H](C)C(=O)[C@H](C)[C@@H](O[C@@H]2O[C@H](C)C[C@H](N(C)C)[C@H]2O)[C@](C)(O)C[C@@H](C)C(=O)[C@H](C)[C@H]2N(CCCCn3cnc(-c4cccnc4)c3)C(=O)O[C@]12C. The number of pyridine rings is 1. The molecule has 3 aliphatic rings. The average molecular weight is 798 g/mol. The summed E-state index contributed by atoms with van der Waals surface area (Å²) < 4.78 is 26.6. The zero-order chi connectivity index (χ0) is 42.0. The van der Waals surface area contributed by atoms with Gasteiger partial charge in [-0.25, -0.2) is 9.78 Å². The standard InChI is InChI=1S/C42H63N5O10/c1-11-32-42(8)36(47(40(52)57-42)18-13-12-17-46-22-30(44-23-46)29-15-14-16-43-21-29)26(4)33(48)24(2)20-41(7,53)37(27(5)34(49)28(6)38(51)55-32)56-39-35(50)31(45(9)10)19-25(3)54-39/h14-16,21-28,31-32,35-37,39,50,53H,11-13,17-20H2,1-10H3/t24-,25-,26+,27+,28-,31+,32-,35-,36-,37-,39+,41-,42-/m1/s1. The molecule has 13 atom stereocenters. The predicted molar refractivity (Wildman–Crippen MR) is 209 cm³/mol. The molecule has 15 heteroatoms. The number of cyclic esters (lactones) is 1. The highest BCUT2D eigenvalue weighted by atomic mass is 16.7. The number of aliphatic hydroxyl groups excluding tert-OH is 1. The summed E-state index contributed by atoms with van der Waals surface area (Å²) in [7, 11) is 3.68. The maximum Gasteiger partial charge on any atom is 0.410 e. The molecule has 3 aliphatic heterocycles. The molecule has 0 unspecified atom stereocenters. The number of hydrogen-bond acceptors (Lipinski definition) is 13. The van der Waals surface area contributed by atoms with Crippen molar-refractivity contribution in [2.24, 2.45) is 23.7 Å². The lowest BCUT2D eigenvalue weighted by molar-refractivity contribution is -0.293. The van der Waals surface area contributed by atoms with Crippen molar-refractivity contribution in [2.75, 3.05) is 20.6 Å². The quantitative estimate of drug-likeness (QED) is 0.198. The highest BCUT2D eigenvalue weighted by molar-refractivity contribution is 6.00. The van der Waals surface area contributed by atoms with E-state index in [1.807, 2.05) is 48.8 Å². The lowest BCUT2D eigenvalue weighted by Crippen LogP contribution is -2.60. The molecule has 2 aromatic rings. The number of ether oxygens (including phenoxy) is 4. The first-order valence-corrected chi connectivity index (χ1v) is 20.4. The minimum atomic E-state index is -1.81. The van der Waals surface area contributed by atoms with Gasteiger partial charge in [-0.3, -0.25) is 19.4 Å². The number of carbonyl (C=O) groups excluding carboxylic acids is 4.